The Hall–Kier alpha value is -1.14. The molecule has 0 unspecified atom stereocenters. The van der Waals surface area contributed by atoms with Gasteiger partial charge < -0.3 is 19.9 Å². The van der Waals surface area contributed by atoms with Crippen molar-refractivity contribution in [1.82, 2.24) is 5.32 Å². The number of ether oxygens (including phenoxy) is 2. The molecule has 6 nitrogen and oxygen atoms in total. The Balaban J connectivity index is 1.57. The number of nitrogens with one attached hydrogen (secondary N) is 1. The van der Waals surface area contributed by atoms with E-state index in [1.807, 2.05) is 0 Å². The Kier molecular flexibility index (Phi) is 5.79. The molecule has 2 aliphatic rings. The van der Waals surface area contributed by atoms with Crippen LogP contribution in [0.4, 0.5) is 0 Å². The van der Waals surface area contributed by atoms with Gasteiger partial charge >= 0.3 is 5.97 Å². The zero-order valence-corrected chi connectivity index (χ0v) is 11.7. The van der Waals surface area contributed by atoms with E-state index >= 15 is 0 Å². The molecule has 6 heteroatoms. The van der Waals surface area contributed by atoms with Crippen LogP contribution in [-0.4, -0.2) is 48.4 Å². The van der Waals surface area contributed by atoms with Gasteiger partial charge in [0.05, 0.1) is 12.7 Å². The van der Waals surface area contributed by atoms with Crippen LogP contribution in [0.5, 0.6) is 0 Å². The first-order chi connectivity index (χ1) is 9.66. The van der Waals surface area contributed by atoms with Crippen LogP contribution in [0.3, 0.4) is 0 Å². The van der Waals surface area contributed by atoms with Gasteiger partial charge in [-0.05, 0) is 25.7 Å². The Labute approximate surface area is 118 Å². The highest BCUT2D eigenvalue weighted by molar-refractivity contribution is 5.82. The first-order valence-electron chi connectivity index (χ1n) is 7.44. The Bertz CT molecular complexity index is 340. The topological polar surface area (TPSA) is 84.9 Å². The fourth-order valence-corrected chi connectivity index (χ4v) is 2.76. The largest absolute Gasteiger partial charge is 0.479 e. The summed E-state index contributed by atoms with van der Waals surface area (Å²) in [4.78, 5) is 22.5. The lowest BCUT2D eigenvalue weighted by Crippen LogP contribution is -2.37. The second kappa shape index (κ2) is 7.59. The lowest BCUT2D eigenvalue weighted by Gasteiger charge is -2.22. The predicted molar refractivity (Wildman–Crippen MR) is 71.4 cm³/mol. The summed E-state index contributed by atoms with van der Waals surface area (Å²) in [6.45, 7) is 0.957. The van der Waals surface area contributed by atoms with Crippen molar-refractivity contribution < 1.29 is 24.2 Å². The van der Waals surface area contributed by atoms with E-state index < -0.39 is 18.2 Å². The van der Waals surface area contributed by atoms with Crippen molar-refractivity contribution in [2.24, 2.45) is 0 Å². The summed E-state index contributed by atoms with van der Waals surface area (Å²) in [7, 11) is 0. The maximum atomic E-state index is 11.8. The van der Waals surface area contributed by atoms with Gasteiger partial charge in [-0.2, -0.15) is 0 Å². The van der Waals surface area contributed by atoms with Crippen LogP contribution < -0.4 is 5.32 Å². The highest BCUT2D eigenvalue weighted by Gasteiger charge is 2.34. The molecule has 0 aromatic carbocycles. The number of aliphatic carboxylic acids is 1. The highest BCUT2D eigenvalue weighted by atomic mass is 16.5. The SMILES string of the molecule is O=C(NCCOC1CCCCC1)[C@@H]1CC[C@H](C(=O)O)O1. The fraction of sp³-hybridized carbons (Fsp3) is 0.857. The van der Waals surface area contributed by atoms with Crippen molar-refractivity contribution in [2.75, 3.05) is 13.2 Å². The summed E-state index contributed by atoms with van der Waals surface area (Å²) in [5.74, 6) is -1.23. The molecule has 1 aliphatic carbocycles. The zero-order valence-electron chi connectivity index (χ0n) is 11.7. The molecule has 20 heavy (non-hydrogen) atoms. The standard InChI is InChI=1S/C14H23NO5/c16-13(11-6-7-12(20-11)14(17)18)15-8-9-19-10-4-2-1-3-5-10/h10-12H,1-9H2,(H,15,16)(H,17,18)/t11-,12+/m0/s1. The number of carboxylic acid groups (broad SMARTS) is 1. The van der Waals surface area contributed by atoms with Gasteiger partial charge in [-0.3, -0.25) is 4.79 Å². The van der Waals surface area contributed by atoms with Crippen molar-refractivity contribution in [3.8, 4) is 0 Å². The van der Waals surface area contributed by atoms with Crippen molar-refractivity contribution in [2.45, 2.75) is 63.3 Å². The number of carboxylic acids is 1. The number of carbonyl (C=O) groups is 2. The number of amides is 1. The Morgan fingerprint density at radius 2 is 1.80 bits per heavy atom. The van der Waals surface area contributed by atoms with Crippen LogP contribution in [0, 0.1) is 0 Å². The predicted octanol–water partition coefficient (Wildman–Crippen LogP) is 1.08. The minimum atomic E-state index is -0.999. The van der Waals surface area contributed by atoms with Gasteiger partial charge in [0.25, 0.3) is 0 Å². The first kappa shape index (κ1) is 15.3. The van der Waals surface area contributed by atoms with Crippen molar-refractivity contribution in [3.05, 3.63) is 0 Å². The monoisotopic (exact) mass is 285 g/mol. The van der Waals surface area contributed by atoms with Gasteiger partial charge in [-0.25, -0.2) is 4.79 Å². The molecule has 0 aromatic rings. The van der Waals surface area contributed by atoms with Crippen molar-refractivity contribution in [3.63, 3.8) is 0 Å². The van der Waals surface area contributed by atoms with Crippen molar-refractivity contribution >= 4 is 11.9 Å². The molecule has 1 heterocycles. The van der Waals surface area contributed by atoms with Crippen LogP contribution in [0.2, 0.25) is 0 Å². The van der Waals surface area contributed by atoms with Crippen LogP contribution in [0.15, 0.2) is 0 Å². The second-order valence-corrected chi connectivity index (χ2v) is 5.45. The summed E-state index contributed by atoms with van der Waals surface area (Å²) >= 11 is 0. The molecule has 2 N–H and O–H groups in total. The summed E-state index contributed by atoms with van der Waals surface area (Å²) in [6, 6.07) is 0. The Morgan fingerprint density at radius 1 is 1.10 bits per heavy atom. The summed E-state index contributed by atoms with van der Waals surface area (Å²) in [5, 5.41) is 11.5. The molecule has 2 rings (SSSR count). The minimum absolute atomic E-state index is 0.235. The van der Waals surface area contributed by atoms with E-state index in [9.17, 15) is 9.59 Å². The molecule has 2 fully saturated rings. The summed E-state index contributed by atoms with van der Waals surface area (Å²) < 4.78 is 10.9. The van der Waals surface area contributed by atoms with Gasteiger partial charge in [0.15, 0.2) is 6.10 Å². The van der Waals surface area contributed by atoms with Crippen molar-refractivity contribution in [1.29, 1.82) is 0 Å². The van der Waals surface area contributed by atoms with Gasteiger partial charge in [-0.15, -0.1) is 0 Å². The third kappa shape index (κ3) is 4.45. The van der Waals surface area contributed by atoms with E-state index in [0.717, 1.165) is 12.8 Å². The fourth-order valence-electron chi connectivity index (χ4n) is 2.76. The number of rotatable bonds is 6. The molecule has 1 aliphatic heterocycles. The summed E-state index contributed by atoms with van der Waals surface area (Å²) in [5.41, 5.74) is 0. The van der Waals surface area contributed by atoms with E-state index in [0.29, 0.717) is 32.1 Å². The van der Waals surface area contributed by atoms with Gasteiger partial charge in [0.2, 0.25) is 5.91 Å². The van der Waals surface area contributed by atoms with E-state index in [4.69, 9.17) is 14.6 Å². The van der Waals surface area contributed by atoms with E-state index in [1.54, 1.807) is 0 Å². The van der Waals surface area contributed by atoms with E-state index in [-0.39, 0.29) is 5.91 Å². The molecule has 1 amide bonds. The number of hydrogen-bond acceptors (Lipinski definition) is 4. The molecular weight excluding hydrogens is 262 g/mol. The first-order valence-corrected chi connectivity index (χ1v) is 7.44. The third-order valence-corrected chi connectivity index (χ3v) is 3.89. The highest BCUT2D eigenvalue weighted by Crippen LogP contribution is 2.21. The lowest BCUT2D eigenvalue weighted by molar-refractivity contribution is -0.151. The molecule has 0 bridgehead atoms. The third-order valence-electron chi connectivity index (χ3n) is 3.89. The van der Waals surface area contributed by atoms with Gasteiger partial charge in [-0.1, -0.05) is 19.3 Å². The van der Waals surface area contributed by atoms with E-state index in [2.05, 4.69) is 5.32 Å². The molecule has 0 spiro atoms. The van der Waals surface area contributed by atoms with Gasteiger partial charge in [0.1, 0.15) is 6.10 Å². The van der Waals surface area contributed by atoms with Gasteiger partial charge in [0, 0.05) is 6.54 Å². The number of carbonyl (C=O) groups excluding carboxylic acids is 1. The minimum Gasteiger partial charge on any atom is -0.479 e. The average molecular weight is 285 g/mol. The maximum Gasteiger partial charge on any atom is 0.332 e. The average Bonchev–Trinajstić information content (AvgIpc) is 2.94. The normalized spacial score (nSPS) is 27.4. The van der Waals surface area contributed by atoms with Crippen LogP contribution in [0.1, 0.15) is 44.9 Å². The lowest BCUT2D eigenvalue weighted by atomic mass is 9.98. The molecule has 0 radical (unpaired) electrons. The quantitative estimate of drug-likeness (QED) is 0.713. The Morgan fingerprint density at radius 3 is 2.45 bits per heavy atom. The molecule has 1 saturated heterocycles. The molecule has 2 atom stereocenters. The molecule has 114 valence electrons. The van der Waals surface area contributed by atoms with Crippen LogP contribution in [0.25, 0.3) is 0 Å². The number of hydrogen-bond donors (Lipinski definition) is 2. The van der Waals surface area contributed by atoms with Crippen LogP contribution >= 0.6 is 0 Å². The molecule has 1 saturated carbocycles. The maximum absolute atomic E-state index is 11.8. The summed E-state index contributed by atoms with van der Waals surface area (Å²) in [6.07, 6.45) is 5.68. The second-order valence-electron chi connectivity index (χ2n) is 5.45. The van der Waals surface area contributed by atoms with Crippen LogP contribution in [-0.2, 0) is 19.1 Å². The zero-order chi connectivity index (χ0) is 14.4. The molecule has 0 aromatic heterocycles. The smallest absolute Gasteiger partial charge is 0.332 e. The molecular formula is C14H23NO5. The van der Waals surface area contributed by atoms with E-state index in [1.165, 1.54) is 19.3 Å².